The van der Waals surface area contributed by atoms with Gasteiger partial charge in [0.1, 0.15) is 6.04 Å². The monoisotopic (exact) mass is 335 g/mol. The average Bonchev–Trinajstić information content (AvgIpc) is 3.21. The molecule has 0 aliphatic carbocycles. The summed E-state index contributed by atoms with van der Waals surface area (Å²) in [6.07, 6.45) is 1.85. The summed E-state index contributed by atoms with van der Waals surface area (Å²) in [4.78, 5) is 26.6. The van der Waals surface area contributed by atoms with E-state index in [0.717, 1.165) is 11.2 Å². The number of fused-ring (bicyclic) bond motifs is 2. The zero-order chi connectivity index (χ0) is 17.4. The van der Waals surface area contributed by atoms with Gasteiger partial charge in [0.2, 0.25) is 5.91 Å². The highest BCUT2D eigenvalue weighted by atomic mass is 16.2. The standard InChI is InChI=1S/C18H17N5O2/c1-12(23-11-13-6-2-3-7-14(13)18(23)25)17(24)19-10-16-21-20-15-8-4-5-9-22(15)16/h2-9,12H,10-11H2,1H3,(H,19,24)/t12-/m0/s1. The van der Waals surface area contributed by atoms with E-state index in [1.165, 1.54) is 0 Å². The molecule has 7 nitrogen and oxygen atoms in total. The van der Waals surface area contributed by atoms with Gasteiger partial charge in [-0.1, -0.05) is 24.3 Å². The van der Waals surface area contributed by atoms with E-state index >= 15 is 0 Å². The maximum atomic E-state index is 12.5. The molecule has 7 heteroatoms. The summed E-state index contributed by atoms with van der Waals surface area (Å²) >= 11 is 0. The molecular formula is C18H17N5O2. The van der Waals surface area contributed by atoms with Gasteiger partial charge in [0.15, 0.2) is 11.5 Å². The Morgan fingerprint density at radius 1 is 1.20 bits per heavy atom. The normalized spacial score (nSPS) is 14.6. The molecule has 126 valence electrons. The first kappa shape index (κ1) is 15.3. The third kappa shape index (κ3) is 2.63. The molecule has 1 aliphatic rings. The second-order valence-corrected chi connectivity index (χ2v) is 6.03. The molecule has 1 N–H and O–H groups in total. The van der Waals surface area contributed by atoms with Crippen LogP contribution in [0.4, 0.5) is 0 Å². The summed E-state index contributed by atoms with van der Waals surface area (Å²) in [5.41, 5.74) is 2.35. The fourth-order valence-corrected chi connectivity index (χ4v) is 3.06. The van der Waals surface area contributed by atoms with Crippen LogP contribution in [0.2, 0.25) is 0 Å². The molecular weight excluding hydrogens is 318 g/mol. The van der Waals surface area contributed by atoms with E-state index in [-0.39, 0.29) is 18.4 Å². The van der Waals surface area contributed by atoms with E-state index in [0.29, 0.717) is 17.9 Å². The third-order valence-electron chi connectivity index (χ3n) is 4.50. The molecule has 0 radical (unpaired) electrons. The highest BCUT2D eigenvalue weighted by Gasteiger charge is 2.33. The number of amides is 2. The van der Waals surface area contributed by atoms with Crippen molar-refractivity contribution in [2.45, 2.75) is 26.1 Å². The summed E-state index contributed by atoms with van der Waals surface area (Å²) < 4.78 is 1.82. The van der Waals surface area contributed by atoms with Gasteiger partial charge in [-0.05, 0) is 30.7 Å². The molecule has 3 aromatic rings. The minimum Gasteiger partial charge on any atom is -0.347 e. The van der Waals surface area contributed by atoms with E-state index in [9.17, 15) is 9.59 Å². The van der Waals surface area contributed by atoms with Gasteiger partial charge in [-0.2, -0.15) is 0 Å². The molecule has 0 spiro atoms. The van der Waals surface area contributed by atoms with Crippen LogP contribution in [0.15, 0.2) is 48.7 Å². The first-order valence-electron chi connectivity index (χ1n) is 8.10. The Bertz CT molecular complexity index is 965. The number of rotatable bonds is 4. The summed E-state index contributed by atoms with van der Waals surface area (Å²) in [5, 5.41) is 11.0. The number of hydrogen-bond acceptors (Lipinski definition) is 4. The van der Waals surface area contributed by atoms with Crippen molar-refractivity contribution in [2.24, 2.45) is 0 Å². The highest BCUT2D eigenvalue weighted by Crippen LogP contribution is 2.24. The van der Waals surface area contributed by atoms with Crippen molar-refractivity contribution in [1.29, 1.82) is 0 Å². The zero-order valence-electron chi connectivity index (χ0n) is 13.7. The maximum Gasteiger partial charge on any atom is 0.255 e. The fourth-order valence-electron chi connectivity index (χ4n) is 3.06. The van der Waals surface area contributed by atoms with Gasteiger partial charge in [0.25, 0.3) is 5.91 Å². The molecule has 1 aromatic carbocycles. The third-order valence-corrected chi connectivity index (χ3v) is 4.50. The molecule has 3 heterocycles. The van der Waals surface area contributed by atoms with Gasteiger partial charge >= 0.3 is 0 Å². The van der Waals surface area contributed by atoms with E-state index in [1.807, 2.05) is 47.0 Å². The molecule has 0 unspecified atom stereocenters. The fraction of sp³-hybridized carbons (Fsp3) is 0.222. The quantitative estimate of drug-likeness (QED) is 0.781. The Labute approximate surface area is 144 Å². The van der Waals surface area contributed by atoms with Gasteiger partial charge < -0.3 is 10.2 Å². The number of aromatic nitrogens is 3. The van der Waals surface area contributed by atoms with Crippen LogP contribution in [0.1, 0.15) is 28.7 Å². The van der Waals surface area contributed by atoms with Crippen molar-refractivity contribution in [3.8, 4) is 0 Å². The molecule has 0 saturated heterocycles. The number of hydrogen-bond donors (Lipinski definition) is 1. The van der Waals surface area contributed by atoms with Crippen LogP contribution < -0.4 is 5.32 Å². The van der Waals surface area contributed by atoms with Crippen molar-refractivity contribution < 1.29 is 9.59 Å². The van der Waals surface area contributed by atoms with Crippen LogP contribution in [0.5, 0.6) is 0 Å². The molecule has 1 atom stereocenters. The highest BCUT2D eigenvalue weighted by molar-refractivity contribution is 6.00. The Hall–Kier alpha value is -3.22. The van der Waals surface area contributed by atoms with Crippen molar-refractivity contribution >= 4 is 17.5 Å². The molecule has 2 amide bonds. The van der Waals surface area contributed by atoms with Crippen molar-refractivity contribution in [3.05, 3.63) is 65.6 Å². The Kier molecular flexibility index (Phi) is 3.68. The number of pyridine rings is 1. The van der Waals surface area contributed by atoms with E-state index in [4.69, 9.17) is 0 Å². The minimum atomic E-state index is -0.556. The molecule has 4 rings (SSSR count). The second-order valence-electron chi connectivity index (χ2n) is 6.03. The number of carbonyl (C=O) groups excluding carboxylic acids is 2. The lowest BCUT2D eigenvalue weighted by molar-refractivity contribution is -0.125. The average molecular weight is 335 g/mol. The lowest BCUT2D eigenvalue weighted by atomic mass is 10.1. The Balaban J connectivity index is 1.44. The zero-order valence-corrected chi connectivity index (χ0v) is 13.7. The molecule has 25 heavy (non-hydrogen) atoms. The number of nitrogens with zero attached hydrogens (tertiary/aromatic N) is 4. The van der Waals surface area contributed by atoms with Gasteiger partial charge in [0.05, 0.1) is 6.54 Å². The van der Waals surface area contributed by atoms with Crippen LogP contribution >= 0.6 is 0 Å². The lowest BCUT2D eigenvalue weighted by Crippen LogP contribution is -2.45. The second kappa shape index (κ2) is 6.01. The smallest absolute Gasteiger partial charge is 0.255 e. The predicted octanol–water partition coefficient (Wildman–Crippen LogP) is 1.39. The summed E-state index contributed by atoms with van der Waals surface area (Å²) in [6.45, 7) is 2.45. The van der Waals surface area contributed by atoms with Crippen LogP contribution in [0.3, 0.4) is 0 Å². The van der Waals surface area contributed by atoms with Gasteiger partial charge in [-0.3, -0.25) is 14.0 Å². The summed E-state index contributed by atoms with van der Waals surface area (Å²) in [5.74, 6) is 0.326. The number of nitrogens with one attached hydrogen (secondary N) is 1. The Morgan fingerprint density at radius 2 is 2.00 bits per heavy atom. The summed E-state index contributed by atoms with van der Waals surface area (Å²) in [7, 11) is 0. The van der Waals surface area contributed by atoms with Gasteiger partial charge in [-0.25, -0.2) is 0 Å². The Morgan fingerprint density at radius 3 is 2.84 bits per heavy atom. The molecule has 0 bridgehead atoms. The predicted molar refractivity (Wildman–Crippen MR) is 90.6 cm³/mol. The number of carbonyl (C=O) groups is 2. The van der Waals surface area contributed by atoms with Gasteiger partial charge in [0, 0.05) is 18.3 Å². The first-order valence-corrected chi connectivity index (χ1v) is 8.10. The van der Waals surface area contributed by atoms with Crippen LogP contribution in [-0.2, 0) is 17.9 Å². The van der Waals surface area contributed by atoms with Crippen molar-refractivity contribution in [1.82, 2.24) is 24.8 Å². The molecule has 0 fully saturated rings. The minimum absolute atomic E-state index is 0.105. The maximum absolute atomic E-state index is 12.5. The van der Waals surface area contributed by atoms with Crippen LogP contribution in [-0.4, -0.2) is 37.4 Å². The molecule has 0 saturated carbocycles. The van der Waals surface area contributed by atoms with E-state index < -0.39 is 6.04 Å². The molecule has 1 aliphatic heterocycles. The largest absolute Gasteiger partial charge is 0.347 e. The summed E-state index contributed by atoms with van der Waals surface area (Å²) in [6, 6.07) is 12.5. The van der Waals surface area contributed by atoms with Crippen molar-refractivity contribution in [3.63, 3.8) is 0 Å². The van der Waals surface area contributed by atoms with Crippen LogP contribution in [0.25, 0.3) is 5.65 Å². The van der Waals surface area contributed by atoms with Gasteiger partial charge in [-0.15, -0.1) is 10.2 Å². The van der Waals surface area contributed by atoms with E-state index in [2.05, 4.69) is 15.5 Å². The van der Waals surface area contributed by atoms with E-state index in [1.54, 1.807) is 17.9 Å². The SMILES string of the molecule is C[C@@H](C(=O)NCc1nnc2ccccn12)N1Cc2ccccc2C1=O. The number of benzene rings is 1. The van der Waals surface area contributed by atoms with Crippen LogP contribution in [0, 0.1) is 0 Å². The molecule has 2 aromatic heterocycles. The van der Waals surface area contributed by atoms with Crippen molar-refractivity contribution in [2.75, 3.05) is 0 Å². The topological polar surface area (TPSA) is 79.6 Å². The first-order chi connectivity index (χ1) is 12.1. The lowest BCUT2D eigenvalue weighted by Gasteiger charge is -2.23.